The van der Waals surface area contributed by atoms with Crippen LogP contribution in [0.1, 0.15) is 24.7 Å². The number of nitrogens with one attached hydrogen (secondary N) is 3. The number of carbonyl (C=O) groups is 2. The highest BCUT2D eigenvalue weighted by atomic mass is 16.4. The normalized spacial score (nSPS) is 23.6. The Morgan fingerprint density at radius 2 is 2.22 bits per heavy atom. The van der Waals surface area contributed by atoms with Crippen molar-refractivity contribution in [2.24, 2.45) is 0 Å². The van der Waals surface area contributed by atoms with Crippen molar-refractivity contribution in [3.63, 3.8) is 0 Å². The predicted molar refractivity (Wildman–Crippen MR) is 59.7 cm³/mol. The molecule has 0 spiro atoms. The first-order valence-corrected chi connectivity index (χ1v) is 5.87. The number of amides is 2. The summed E-state index contributed by atoms with van der Waals surface area (Å²) in [6.07, 6.45) is 2.12. The smallest absolute Gasteiger partial charge is 0.322 e. The molecule has 1 saturated heterocycles. The zero-order chi connectivity index (χ0) is 12.5. The van der Waals surface area contributed by atoms with Crippen LogP contribution in [0, 0.1) is 0 Å². The van der Waals surface area contributed by atoms with Gasteiger partial charge in [0.15, 0.2) is 0 Å². The number of nitrogens with zero attached hydrogens (tertiary/aromatic N) is 2. The summed E-state index contributed by atoms with van der Waals surface area (Å²) in [7, 11) is 0. The Bertz CT molecular complexity index is 472. The molecule has 3 rings (SSSR count). The third kappa shape index (κ3) is 2.33. The van der Waals surface area contributed by atoms with Crippen LogP contribution in [0.2, 0.25) is 0 Å². The maximum atomic E-state index is 11.8. The Balaban J connectivity index is 1.57. The van der Waals surface area contributed by atoms with Crippen molar-refractivity contribution in [3.8, 4) is 0 Å². The third-order valence-corrected chi connectivity index (χ3v) is 2.93. The lowest BCUT2D eigenvalue weighted by Crippen LogP contribution is -2.56. The number of piperazine rings is 1. The summed E-state index contributed by atoms with van der Waals surface area (Å²) in [5, 5.41) is 15.6. The van der Waals surface area contributed by atoms with E-state index in [9.17, 15) is 9.59 Å². The van der Waals surface area contributed by atoms with Crippen LogP contribution in [-0.4, -0.2) is 41.1 Å². The molecule has 1 unspecified atom stereocenters. The summed E-state index contributed by atoms with van der Waals surface area (Å²) < 4.78 is 5.32. The topological polar surface area (TPSA) is 109 Å². The molecule has 1 aliphatic heterocycles. The zero-order valence-electron chi connectivity index (χ0n) is 9.60. The molecule has 8 heteroatoms. The second-order valence-electron chi connectivity index (χ2n) is 4.45. The average molecular weight is 251 g/mol. The standard InChI is InChI=1S/C10H13N5O3/c16-7-4-11-6(3-12-7)8(17)13-10-15-14-9(18-10)5-1-2-5/h5-6,11H,1-4H2,(H,12,16)(H,13,15,17). The minimum absolute atomic E-state index is 0.112. The second-order valence-corrected chi connectivity index (χ2v) is 4.45. The molecule has 1 aliphatic carbocycles. The van der Waals surface area contributed by atoms with Crippen LogP contribution in [-0.2, 0) is 9.59 Å². The number of rotatable bonds is 3. The number of anilines is 1. The lowest BCUT2D eigenvalue weighted by Gasteiger charge is -2.22. The van der Waals surface area contributed by atoms with E-state index in [-0.39, 0.29) is 30.9 Å². The Morgan fingerprint density at radius 1 is 1.39 bits per heavy atom. The molecule has 3 N–H and O–H groups in total. The zero-order valence-corrected chi connectivity index (χ0v) is 9.60. The van der Waals surface area contributed by atoms with Gasteiger partial charge in [-0.3, -0.25) is 20.2 Å². The van der Waals surface area contributed by atoms with E-state index >= 15 is 0 Å². The monoisotopic (exact) mass is 251 g/mol. The fourth-order valence-electron chi connectivity index (χ4n) is 1.72. The molecule has 18 heavy (non-hydrogen) atoms. The fourth-order valence-corrected chi connectivity index (χ4v) is 1.72. The number of carbonyl (C=O) groups excluding carboxylic acids is 2. The molecule has 1 aromatic heterocycles. The quantitative estimate of drug-likeness (QED) is 0.634. The van der Waals surface area contributed by atoms with Crippen LogP contribution in [0.3, 0.4) is 0 Å². The van der Waals surface area contributed by atoms with Gasteiger partial charge in [-0.25, -0.2) is 0 Å². The van der Waals surface area contributed by atoms with Crippen molar-refractivity contribution in [1.29, 1.82) is 0 Å². The van der Waals surface area contributed by atoms with E-state index in [0.717, 1.165) is 12.8 Å². The first-order chi connectivity index (χ1) is 8.72. The van der Waals surface area contributed by atoms with Gasteiger partial charge in [-0.15, -0.1) is 5.10 Å². The lowest BCUT2D eigenvalue weighted by atomic mass is 10.2. The van der Waals surface area contributed by atoms with Crippen molar-refractivity contribution in [2.75, 3.05) is 18.4 Å². The fraction of sp³-hybridized carbons (Fsp3) is 0.600. The van der Waals surface area contributed by atoms with Gasteiger partial charge in [0.25, 0.3) is 0 Å². The highest BCUT2D eigenvalue weighted by Gasteiger charge is 2.30. The molecule has 2 aliphatic rings. The van der Waals surface area contributed by atoms with E-state index in [1.807, 2.05) is 0 Å². The van der Waals surface area contributed by atoms with Crippen molar-refractivity contribution >= 4 is 17.8 Å². The molecule has 1 saturated carbocycles. The summed E-state index contributed by atoms with van der Waals surface area (Å²) in [6.45, 7) is 0.392. The highest BCUT2D eigenvalue weighted by Crippen LogP contribution is 2.39. The second kappa shape index (κ2) is 4.37. The van der Waals surface area contributed by atoms with Crippen LogP contribution >= 0.6 is 0 Å². The van der Waals surface area contributed by atoms with Crippen LogP contribution in [0.25, 0.3) is 0 Å². The van der Waals surface area contributed by atoms with Crippen LogP contribution in [0.15, 0.2) is 4.42 Å². The van der Waals surface area contributed by atoms with Gasteiger partial charge in [-0.05, 0) is 12.8 Å². The predicted octanol–water partition coefficient (Wildman–Crippen LogP) is -1.03. The van der Waals surface area contributed by atoms with Crippen LogP contribution in [0.5, 0.6) is 0 Å². The van der Waals surface area contributed by atoms with Gasteiger partial charge >= 0.3 is 6.01 Å². The van der Waals surface area contributed by atoms with Crippen molar-refractivity contribution in [1.82, 2.24) is 20.8 Å². The van der Waals surface area contributed by atoms with Gasteiger partial charge in [0.2, 0.25) is 17.7 Å². The van der Waals surface area contributed by atoms with Crippen LogP contribution in [0.4, 0.5) is 6.01 Å². The first-order valence-electron chi connectivity index (χ1n) is 5.87. The molecule has 0 radical (unpaired) electrons. The molecular weight excluding hydrogens is 238 g/mol. The SMILES string of the molecule is O=C1CNC(C(=O)Nc2nnc(C3CC3)o2)CN1. The molecule has 0 bridgehead atoms. The Labute approximate surface area is 103 Å². The van der Waals surface area contributed by atoms with Crippen molar-refractivity contribution < 1.29 is 14.0 Å². The molecule has 8 nitrogen and oxygen atoms in total. The summed E-state index contributed by atoms with van der Waals surface area (Å²) in [5.74, 6) is 0.527. The average Bonchev–Trinajstić information content (AvgIpc) is 3.11. The Hall–Kier alpha value is -1.96. The number of hydrogen-bond acceptors (Lipinski definition) is 6. The van der Waals surface area contributed by atoms with Crippen molar-refractivity contribution in [2.45, 2.75) is 24.8 Å². The molecule has 1 aromatic rings. The number of hydrogen-bond donors (Lipinski definition) is 3. The molecular formula is C10H13N5O3. The van der Waals surface area contributed by atoms with E-state index in [0.29, 0.717) is 11.8 Å². The molecule has 1 atom stereocenters. The van der Waals surface area contributed by atoms with Gasteiger partial charge in [0.1, 0.15) is 6.04 Å². The summed E-state index contributed by atoms with van der Waals surface area (Å²) in [6, 6.07) is -0.362. The molecule has 2 heterocycles. The first kappa shape index (κ1) is 11.1. The Kier molecular flexibility index (Phi) is 2.71. The van der Waals surface area contributed by atoms with Gasteiger partial charge in [-0.2, -0.15) is 0 Å². The van der Waals surface area contributed by atoms with E-state index < -0.39 is 6.04 Å². The maximum absolute atomic E-state index is 11.8. The third-order valence-electron chi connectivity index (χ3n) is 2.93. The molecule has 96 valence electrons. The van der Waals surface area contributed by atoms with Gasteiger partial charge in [-0.1, -0.05) is 5.10 Å². The summed E-state index contributed by atoms with van der Waals surface area (Å²) in [5.41, 5.74) is 0. The minimum atomic E-state index is -0.473. The van der Waals surface area contributed by atoms with E-state index in [4.69, 9.17) is 4.42 Å². The summed E-state index contributed by atoms with van der Waals surface area (Å²) in [4.78, 5) is 22.7. The van der Waals surface area contributed by atoms with Crippen molar-refractivity contribution in [3.05, 3.63) is 5.89 Å². The summed E-state index contributed by atoms with van der Waals surface area (Å²) >= 11 is 0. The van der Waals surface area contributed by atoms with E-state index in [2.05, 4.69) is 26.1 Å². The van der Waals surface area contributed by atoms with E-state index in [1.54, 1.807) is 0 Å². The largest absolute Gasteiger partial charge is 0.408 e. The maximum Gasteiger partial charge on any atom is 0.322 e. The van der Waals surface area contributed by atoms with Gasteiger partial charge in [0, 0.05) is 12.5 Å². The van der Waals surface area contributed by atoms with Crippen LogP contribution < -0.4 is 16.0 Å². The van der Waals surface area contributed by atoms with Gasteiger partial charge in [0.05, 0.1) is 6.54 Å². The number of aromatic nitrogens is 2. The lowest BCUT2D eigenvalue weighted by molar-refractivity contribution is -0.124. The molecule has 2 amide bonds. The highest BCUT2D eigenvalue weighted by molar-refractivity contribution is 5.95. The Morgan fingerprint density at radius 3 is 2.89 bits per heavy atom. The van der Waals surface area contributed by atoms with E-state index in [1.165, 1.54) is 0 Å². The molecule has 2 fully saturated rings. The minimum Gasteiger partial charge on any atom is -0.408 e. The molecule has 0 aromatic carbocycles. The van der Waals surface area contributed by atoms with Gasteiger partial charge < -0.3 is 9.73 Å².